The van der Waals surface area contributed by atoms with Gasteiger partial charge in [-0.3, -0.25) is 0 Å². The molecule has 15 heavy (non-hydrogen) atoms. The van der Waals surface area contributed by atoms with Crippen LogP contribution in [0.2, 0.25) is 0 Å². The normalized spacial score (nSPS) is 25.7. The fourth-order valence-electron chi connectivity index (χ4n) is 1.69. The fraction of sp³-hybridized carbons (Fsp3) is 0.500. The summed E-state index contributed by atoms with van der Waals surface area (Å²) < 4.78 is 16.2. The third-order valence-corrected chi connectivity index (χ3v) is 2.41. The molecule has 0 bridgehead atoms. The van der Waals surface area contributed by atoms with E-state index >= 15 is 0 Å². The zero-order valence-electron chi connectivity index (χ0n) is 8.89. The molecule has 0 spiro atoms. The Kier molecular flexibility index (Phi) is 3.72. The van der Waals surface area contributed by atoms with Crippen molar-refractivity contribution in [3.63, 3.8) is 0 Å². The van der Waals surface area contributed by atoms with Gasteiger partial charge >= 0.3 is 0 Å². The first-order chi connectivity index (χ1) is 7.38. The predicted octanol–water partition coefficient (Wildman–Crippen LogP) is 1.62. The van der Waals surface area contributed by atoms with Crippen molar-refractivity contribution in [1.82, 2.24) is 0 Å². The van der Waals surface area contributed by atoms with Crippen LogP contribution in [0.4, 0.5) is 0 Å². The van der Waals surface area contributed by atoms with Crippen LogP contribution in [-0.2, 0) is 20.6 Å². The Morgan fingerprint density at radius 3 is 2.87 bits per heavy atom. The highest BCUT2D eigenvalue weighted by Gasteiger charge is 2.25. The lowest BCUT2D eigenvalue weighted by molar-refractivity contribution is -0.0662. The van der Waals surface area contributed by atoms with Crippen LogP contribution >= 0.6 is 0 Å². The maximum Gasteiger partial charge on any atom is 0.162 e. The Morgan fingerprint density at radius 1 is 1.33 bits per heavy atom. The second-order valence-corrected chi connectivity index (χ2v) is 3.67. The van der Waals surface area contributed by atoms with Crippen molar-refractivity contribution < 1.29 is 14.2 Å². The second-order valence-electron chi connectivity index (χ2n) is 3.67. The lowest BCUT2D eigenvalue weighted by atomic mass is 10.1. The molecule has 1 saturated heterocycles. The molecule has 0 aliphatic carbocycles. The molecule has 0 saturated carbocycles. The zero-order valence-corrected chi connectivity index (χ0v) is 8.89. The monoisotopic (exact) mass is 208 g/mol. The van der Waals surface area contributed by atoms with Crippen LogP contribution in [0, 0.1) is 0 Å². The average molecular weight is 208 g/mol. The molecule has 1 aliphatic heterocycles. The van der Waals surface area contributed by atoms with Gasteiger partial charge in [-0.25, -0.2) is 0 Å². The molecule has 0 amide bonds. The van der Waals surface area contributed by atoms with Gasteiger partial charge in [0.2, 0.25) is 0 Å². The first kappa shape index (κ1) is 10.6. The number of rotatable bonds is 4. The molecule has 0 aromatic heterocycles. The molecular weight excluding hydrogens is 192 g/mol. The summed E-state index contributed by atoms with van der Waals surface area (Å²) in [5.41, 5.74) is 1.24. The number of benzene rings is 1. The van der Waals surface area contributed by atoms with Gasteiger partial charge in [-0.1, -0.05) is 30.3 Å². The smallest absolute Gasteiger partial charge is 0.162 e. The van der Waals surface area contributed by atoms with E-state index in [2.05, 4.69) is 12.1 Å². The minimum absolute atomic E-state index is 0.0868. The molecule has 3 nitrogen and oxygen atoms in total. The standard InChI is InChI=1S/C12H16O3/c1-13-8-11-9-14-12(15-11)7-10-5-3-2-4-6-10/h2-6,11-12H,7-9H2,1H3/t11-,12+/m0/s1. The van der Waals surface area contributed by atoms with Crippen LogP contribution in [0.25, 0.3) is 0 Å². The summed E-state index contributed by atoms with van der Waals surface area (Å²) >= 11 is 0. The van der Waals surface area contributed by atoms with E-state index in [9.17, 15) is 0 Å². The average Bonchev–Trinajstić information content (AvgIpc) is 2.68. The summed E-state index contributed by atoms with van der Waals surface area (Å²) in [6.45, 7) is 1.23. The number of hydrogen-bond donors (Lipinski definition) is 0. The molecule has 2 atom stereocenters. The maximum atomic E-state index is 5.66. The topological polar surface area (TPSA) is 27.7 Å². The molecule has 1 fully saturated rings. The van der Waals surface area contributed by atoms with Gasteiger partial charge in [0.15, 0.2) is 6.29 Å². The van der Waals surface area contributed by atoms with Crippen LogP contribution in [-0.4, -0.2) is 32.7 Å². The second kappa shape index (κ2) is 5.26. The lowest BCUT2D eigenvalue weighted by Gasteiger charge is -2.10. The van der Waals surface area contributed by atoms with E-state index in [0.29, 0.717) is 13.2 Å². The number of hydrogen-bond acceptors (Lipinski definition) is 3. The van der Waals surface area contributed by atoms with Crippen molar-refractivity contribution in [3.8, 4) is 0 Å². The third-order valence-electron chi connectivity index (χ3n) is 2.41. The first-order valence-corrected chi connectivity index (χ1v) is 5.18. The SMILES string of the molecule is COC[C@H]1CO[C@@H](Cc2ccccc2)O1. The lowest BCUT2D eigenvalue weighted by Crippen LogP contribution is -2.18. The van der Waals surface area contributed by atoms with E-state index in [0.717, 1.165) is 6.42 Å². The molecule has 0 N–H and O–H groups in total. The summed E-state index contributed by atoms with van der Waals surface area (Å²) in [5.74, 6) is 0. The quantitative estimate of drug-likeness (QED) is 0.752. The summed E-state index contributed by atoms with van der Waals surface area (Å²) in [5, 5.41) is 0. The molecule has 0 unspecified atom stereocenters. The van der Waals surface area contributed by atoms with E-state index in [1.807, 2.05) is 18.2 Å². The summed E-state index contributed by atoms with van der Waals surface area (Å²) in [7, 11) is 1.67. The molecule has 82 valence electrons. The van der Waals surface area contributed by atoms with Gasteiger partial charge in [-0.05, 0) is 5.56 Å². The van der Waals surface area contributed by atoms with E-state index in [1.54, 1.807) is 7.11 Å². The third kappa shape index (κ3) is 3.02. The fourth-order valence-corrected chi connectivity index (χ4v) is 1.69. The molecule has 1 heterocycles. The highest BCUT2D eigenvalue weighted by molar-refractivity contribution is 5.15. The molecule has 1 aromatic carbocycles. The number of methoxy groups -OCH3 is 1. The predicted molar refractivity (Wildman–Crippen MR) is 56.6 cm³/mol. The van der Waals surface area contributed by atoms with Gasteiger partial charge in [0.05, 0.1) is 13.2 Å². The van der Waals surface area contributed by atoms with Crippen molar-refractivity contribution in [1.29, 1.82) is 0 Å². The van der Waals surface area contributed by atoms with Crippen LogP contribution in [0.5, 0.6) is 0 Å². The molecule has 1 aliphatic rings. The van der Waals surface area contributed by atoms with Crippen molar-refractivity contribution in [2.45, 2.75) is 18.8 Å². The van der Waals surface area contributed by atoms with Gasteiger partial charge in [-0.2, -0.15) is 0 Å². The van der Waals surface area contributed by atoms with E-state index in [-0.39, 0.29) is 12.4 Å². The minimum Gasteiger partial charge on any atom is -0.382 e. The molecular formula is C12H16O3. The van der Waals surface area contributed by atoms with Gasteiger partial charge in [0, 0.05) is 13.5 Å². The largest absolute Gasteiger partial charge is 0.382 e. The first-order valence-electron chi connectivity index (χ1n) is 5.18. The zero-order chi connectivity index (χ0) is 10.5. The Bertz CT molecular complexity index is 286. The highest BCUT2D eigenvalue weighted by atomic mass is 16.7. The summed E-state index contributed by atoms with van der Waals surface area (Å²) in [6, 6.07) is 10.2. The van der Waals surface area contributed by atoms with Crippen LogP contribution in [0.1, 0.15) is 5.56 Å². The van der Waals surface area contributed by atoms with Gasteiger partial charge < -0.3 is 14.2 Å². The van der Waals surface area contributed by atoms with Crippen molar-refractivity contribution >= 4 is 0 Å². The number of ether oxygens (including phenoxy) is 3. The van der Waals surface area contributed by atoms with Crippen molar-refractivity contribution in [2.75, 3.05) is 20.3 Å². The van der Waals surface area contributed by atoms with E-state index in [1.165, 1.54) is 5.56 Å². The van der Waals surface area contributed by atoms with Crippen LogP contribution in [0.15, 0.2) is 30.3 Å². The molecule has 0 radical (unpaired) electrons. The van der Waals surface area contributed by atoms with E-state index in [4.69, 9.17) is 14.2 Å². The van der Waals surface area contributed by atoms with Crippen LogP contribution in [0.3, 0.4) is 0 Å². The maximum absolute atomic E-state index is 5.66. The van der Waals surface area contributed by atoms with Gasteiger partial charge in [0.25, 0.3) is 0 Å². The van der Waals surface area contributed by atoms with Gasteiger partial charge in [0.1, 0.15) is 6.10 Å². The Hall–Kier alpha value is -0.900. The molecule has 3 heteroatoms. The Morgan fingerprint density at radius 2 is 2.13 bits per heavy atom. The highest BCUT2D eigenvalue weighted by Crippen LogP contribution is 2.16. The molecule has 1 aromatic rings. The minimum atomic E-state index is -0.118. The molecule has 2 rings (SSSR count). The summed E-state index contributed by atoms with van der Waals surface area (Å²) in [6.07, 6.45) is 0.775. The van der Waals surface area contributed by atoms with E-state index < -0.39 is 0 Å². The van der Waals surface area contributed by atoms with Crippen molar-refractivity contribution in [3.05, 3.63) is 35.9 Å². The van der Waals surface area contributed by atoms with Gasteiger partial charge in [-0.15, -0.1) is 0 Å². The van der Waals surface area contributed by atoms with Crippen molar-refractivity contribution in [2.24, 2.45) is 0 Å². The Labute approximate surface area is 90.0 Å². The summed E-state index contributed by atoms with van der Waals surface area (Å²) in [4.78, 5) is 0. The van der Waals surface area contributed by atoms with Crippen LogP contribution < -0.4 is 0 Å². The Balaban J connectivity index is 1.82.